The largest absolute Gasteiger partial charge is 0.248 e. The second-order valence-corrected chi connectivity index (χ2v) is 5.00. The van der Waals surface area contributed by atoms with Crippen molar-refractivity contribution in [2.45, 2.75) is 12.8 Å². The number of halogens is 1. The van der Waals surface area contributed by atoms with Crippen molar-refractivity contribution in [3.8, 4) is 11.3 Å². The Labute approximate surface area is 118 Å². The minimum absolute atomic E-state index is 0.726. The highest BCUT2D eigenvalue weighted by Gasteiger charge is 2.07. The van der Waals surface area contributed by atoms with Gasteiger partial charge in [0.1, 0.15) is 0 Å². The van der Waals surface area contributed by atoms with Crippen LogP contribution in [0.2, 0.25) is 5.02 Å². The Bertz CT molecular complexity index is 642. The van der Waals surface area contributed by atoms with E-state index in [1.54, 1.807) is 0 Å². The molecule has 0 atom stereocenters. The van der Waals surface area contributed by atoms with Crippen LogP contribution in [0.3, 0.4) is 0 Å². The van der Waals surface area contributed by atoms with Gasteiger partial charge in [-0.15, -0.1) is 0 Å². The normalized spacial score (nSPS) is 14.3. The molecule has 0 unspecified atom stereocenters. The van der Waals surface area contributed by atoms with Gasteiger partial charge >= 0.3 is 0 Å². The van der Waals surface area contributed by atoms with E-state index in [9.17, 15) is 0 Å². The Hall–Kier alpha value is -1.86. The van der Waals surface area contributed by atoms with Crippen LogP contribution in [-0.4, -0.2) is 4.98 Å². The van der Waals surface area contributed by atoms with Gasteiger partial charge in [-0.05, 0) is 30.5 Å². The first-order valence-corrected chi connectivity index (χ1v) is 6.81. The van der Waals surface area contributed by atoms with Crippen molar-refractivity contribution in [2.24, 2.45) is 0 Å². The summed E-state index contributed by atoms with van der Waals surface area (Å²) < 4.78 is 0. The van der Waals surface area contributed by atoms with Crippen LogP contribution in [0.1, 0.15) is 18.5 Å². The Morgan fingerprint density at radius 1 is 0.947 bits per heavy atom. The summed E-state index contributed by atoms with van der Waals surface area (Å²) in [4.78, 5) is 4.72. The van der Waals surface area contributed by atoms with Gasteiger partial charge in [-0.25, -0.2) is 4.98 Å². The molecule has 3 rings (SSSR count). The monoisotopic (exact) mass is 267 g/mol. The van der Waals surface area contributed by atoms with E-state index in [4.69, 9.17) is 16.6 Å². The zero-order valence-corrected chi connectivity index (χ0v) is 11.3. The highest BCUT2D eigenvalue weighted by molar-refractivity contribution is 6.31. The molecule has 1 aromatic carbocycles. The maximum Gasteiger partial charge on any atom is 0.0724 e. The van der Waals surface area contributed by atoms with E-state index in [0.29, 0.717) is 0 Å². The third kappa shape index (κ3) is 2.77. The van der Waals surface area contributed by atoms with E-state index in [1.807, 2.05) is 42.5 Å². The molecule has 0 N–H and O–H groups in total. The van der Waals surface area contributed by atoms with Crippen LogP contribution < -0.4 is 0 Å². The minimum Gasteiger partial charge on any atom is -0.248 e. The first-order chi connectivity index (χ1) is 9.33. The van der Waals surface area contributed by atoms with E-state index in [0.717, 1.165) is 40.4 Å². The van der Waals surface area contributed by atoms with Crippen LogP contribution in [0.15, 0.2) is 60.7 Å². The molecule has 0 fully saturated rings. The average Bonchev–Trinajstić information content (AvgIpc) is 2.48. The molecule has 1 aromatic heterocycles. The summed E-state index contributed by atoms with van der Waals surface area (Å²) in [6.07, 6.45) is 8.70. The summed E-state index contributed by atoms with van der Waals surface area (Å²) in [5.41, 5.74) is 4.11. The third-order valence-electron chi connectivity index (χ3n) is 3.15. The van der Waals surface area contributed by atoms with Gasteiger partial charge in [0, 0.05) is 10.6 Å². The Morgan fingerprint density at radius 3 is 2.47 bits per heavy atom. The Kier molecular flexibility index (Phi) is 3.47. The summed E-state index contributed by atoms with van der Waals surface area (Å²) in [6.45, 7) is 0. The van der Waals surface area contributed by atoms with Gasteiger partial charge in [0.2, 0.25) is 0 Å². The van der Waals surface area contributed by atoms with Gasteiger partial charge < -0.3 is 0 Å². The van der Waals surface area contributed by atoms with Crippen molar-refractivity contribution in [1.82, 2.24) is 4.98 Å². The molecule has 0 bridgehead atoms. The second kappa shape index (κ2) is 5.41. The zero-order chi connectivity index (χ0) is 13.1. The lowest BCUT2D eigenvalue weighted by molar-refractivity contribution is 1.04. The molecular formula is C17H14ClN. The van der Waals surface area contributed by atoms with Crippen LogP contribution >= 0.6 is 11.6 Å². The third-order valence-corrected chi connectivity index (χ3v) is 3.37. The molecule has 0 saturated carbocycles. The van der Waals surface area contributed by atoms with Gasteiger partial charge in [0.25, 0.3) is 0 Å². The number of hydrogen-bond donors (Lipinski definition) is 0. The summed E-state index contributed by atoms with van der Waals surface area (Å²) in [5, 5.41) is 0.726. The molecule has 94 valence electrons. The fraction of sp³-hybridized carbons (Fsp3) is 0.118. The van der Waals surface area contributed by atoms with E-state index in [1.165, 1.54) is 0 Å². The number of aromatic nitrogens is 1. The Morgan fingerprint density at radius 2 is 1.74 bits per heavy atom. The zero-order valence-electron chi connectivity index (χ0n) is 10.5. The van der Waals surface area contributed by atoms with Crippen molar-refractivity contribution >= 4 is 17.2 Å². The second-order valence-electron chi connectivity index (χ2n) is 4.56. The maximum atomic E-state index is 6.23. The number of allylic oxidation sites excluding steroid dienone is 4. The van der Waals surface area contributed by atoms with Crippen LogP contribution in [-0.2, 0) is 0 Å². The highest BCUT2D eigenvalue weighted by Crippen LogP contribution is 2.27. The van der Waals surface area contributed by atoms with E-state index in [2.05, 4.69) is 18.2 Å². The fourth-order valence-corrected chi connectivity index (χ4v) is 2.41. The lowest BCUT2D eigenvalue weighted by atomic mass is 10.0. The molecule has 0 saturated heterocycles. The van der Waals surface area contributed by atoms with Crippen LogP contribution in [0.5, 0.6) is 0 Å². The molecule has 19 heavy (non-hydrogen) atoms. The number of pyridine rings is 1. The minimum atomic E-state index is 0.726. The predicted molar refractivity (Wildman–Crippen MR) is 81.0 cm³/mol. The quantitative estimate of drug-likeness (QED) is 0.734. The standard InChI is InChI=1S/C17H14ClN/c18-15-11-16(13-7-3-1-4-8-13)19-17(12-15)14-9-5-2-6-10-14/h1,3-5,7-12H,2,6H2. The molecule has 0 radical (unpaired) electrons. The summed E-state index contributed by atoms with van der Waals surface area (Å²) in [7, 11) is 0. The van der Waals surface area contributed by atoms with Gasteiger partial charge in [-0.1, -0.05) is 60.2 Å². The molecule has 1 aliphatic carbocycles. The smallest absolute Gasteiger partial charge is 0.0724 e. The average molecular weight is 268 g/mol. The SMILES string of the molecule is Clc1cc(C2=CCCC=C2)nc(-c2ccccc2)c1. The van der Waals surface area contributed by atoms with Gasteiger partial charge in [-0.3, -0.25) is 0 Å². The van der Waals surface area contributed by atoms with Gasteiger partial charge in [-0.2, -0.15) is 0 Å². The number of nitrogens with zero attached hydrogens (tertiary/aromatic N) is 1. The van der Waals surface area contributed by atoms with Crippen molar-refractivity contribution in [3.63, 3.8) is 0 Å². The van der Waals surface area contributed by atoms with Crippen molar-refractivity contribution in [1.29, 1.82) is 0 Å². The van der Waals surface area contributed by atoms with E-state index in [-0.39, 0.29) is 0 Å². The molecule has 2 aromatic rings. The number of hydrogen-bond acceptors (Lipinski definition) is 1. The maximum absolute atomic E-state index is 6.23. The lowest BCUT2D eigenvalue weighted by Crippen LogP contribution is -1.93. The molecule has 0 aliphatic heterocycles. The van der Waals surface area contributed by atoms with E-state index < -0.39 is 0 Å². The highest BCUT2D eigenvalue weighted by atomic mass is 35.5. The van der Waals surface area contributed by atoms with Crippen molar-refractivity contribution in [3.05, 3.63) is 71.4 Å². The molecule has 2 heteroatoms. The van der Waals surface area contributed by atoms with Crippen molar-refractivity contribution in [2.75, 3.05) is 0 Å². The topological polar surface area (TPSA) is 12.9 Å². The number of benzene rings is 1. The summed E-state index contributed by atoms with van der Waals surface area (Å²) >= 11 is 6.23. The summed E-state index contributed by atoms with van der Waals surface area (Å²) in [5.74, 6) is 0. The molecule has 0 amide bonds. The first-order valence-electron chi connectivity index (χ1n) is 6.43. The predicted octanol–water partition coefficient (Wildman–Crippen LogP) is 5.14. The van der Waals surface area contributed by atoms with Crippen LogP contribution in [0.25, 0.3) is 16.8 Å². The number of rotatable bonds is 2. The molecule has 1 aliphatic rings. The fourth-order valence-electron chi connectivity index (χ4n) is 2.21. The van der Waals surface area contributed by atoms with E-state index >= 15 is 0 Å². The van der Waals surface area contributed by atoms with Crippen molar-refractivity contribution < 1.29 is 0 Å². The molecule has 1 nitrogen and oxygen atoms in total. The molecule has 0 spiro atoms. The Balaban J connectivity index is 2.06. The van der Waals surface area contributed by atoms with Gasteiger partial charge in [0.15, 0.2) is 0 Å². The first kappa shape index (κ1) is 12.2. The van der Waals surface area contributed by atoms with Crippen LogP contribution in [0.4, 0.5) is 0 Å². The summed E-state index contributed by atoms with van der Waals surface area (Å²) in [6, 6.07) is 14.0. The molecule has 1 heterocycles. The molecular weight excluding hydrogens is 254 g/mol. The van der Waals surface area contributed by atoms with Gasteiger partial charge in [0.05, 0.1) is 11.4 Å². The lowest BCUT2D eigenvalue weighted by Gasteiger charge is -2.09. The van der Waals surface area contributed by atoms with Crippen LogP contribution in [0, 0.1) is 0 Å².